The Morgan fingerprint density at radius 2 is 1.06 bits per heavy atom. The first-order chi connectivity index (χ1) is 17.1. The largest absolute Gasteiger partial charge is 0.241 e. The van der Waals surface area contributed by atoms with Crippen LogP contribution in [0.5, 0.6) is 0 Å². The molecule has 0 saturated carbocycles. The smallest absolute Gasteiger partial charge is 0.116 e. The molecule has 3 aromatic carbocycles. The summed E-state index contributed by atoms with van der Waals surface area (Å²) in [5, 5.41) is 2.39. The molecule has 0 N–H and O–H groups in total. The Bertz CT molecular complexity index is 1560. The van der Waals surface area contributed by atoms with Gasteiger partial charge in [-0.05, 0) is 46.2 Å². The molecule has 0 amide bonds. The van der Waals surface area contributed by atoms with Gasteiger partial charge in [0.05, 0.1) is 11.4 Å². The normalized spacial score (nSPS) is 12.2. The van der Waals surface area contributed by atoms with Gasteiger partial charge in [0, 0.05) is 33.3 Å². The zero-order valence-corrected chi connectivity index (χ0v) is 21.9. The summed E-state index contributed by atoms with van der Waals surface area (Å²) in [6.07, 6.45) is 3.34. The molecule has 0 aliphatic carbocycles. The van der Waals surface area contributed by atoms with Gasteiger partial charge < -0.3 is 0 Å². The van der Waals surface area contributed by atoms with E-state index in [0.29, 0.717) is 0 Å². The van der Waals surface area contributed by atoms with Crippen molar-refractivity contribution in [1.82, 2.24) is 19.9 Å². The molecule has 4 heteroatoms. The molecule has 0 unspecified atom stereocenters. The first-order valence-corrected chi connectivity index (χ1v) is 12.4. The van der Waals surface area contributed by atoms with E-state index in [1.165, 1.54) is 16.3 Å². The highest BCUT2D eigenvalue weighted by molar-refractivity contribution is 5.99. The van der Waals surface area contributed by atoms with Crippen molar-refractivity contribution in [3.05, 3.63) is 96.8 Å². The maximum Gasteiger partial charge on any atom is 0.116 e. The number of nitrogens with zero attached hydrogens (tertiary/aromatic N) is 4. The van der Waals surface area contributed by atoms with Crippen LogP contribution in [0.1, 0.15) is 52.9 Å². The predicted molar refractivity (Wildman–Crippen MR) is 149 cm³/mol. The number of fused-ring (bicyclic) bond motifs is 1. The lowest BCUT2D eigenvalue weighted by Gasteiger charge is -2.18. The summed E-state index contributed by atoms with van der Waals surface area (Å²) in [6.45, 7) is 13.0. The van der Waals surface area contributed by atoms with Gasteiger partial charge in [-0.1, -0.05) is 90.1 Å². The van der Waals surface area contributed by atoms with E-state index in [0.717, 1.165) is 39.5 Å². The van der Waals surface area contributed by atoms with E-state index in [4.69, 9.17) is 0 Å². The summed E-state index contributed by atoms with van der Waals surface area (Å²) >= 11 is 0. The van der Waals surface area contributed by atoms with Gasteiger partial charge in [-0.15, -0.1) is 0 Å². The number of rotatable bonds is 3. The maximum atomic E-state index is 4.59. The molecule has 4 nitrogen and oxygen atoms in total. The number of benzene rings is 3. The summed E-state index contributed by atoms with van der Waals surface area (Å²) in [5.74, 6) is 0. The Labute approximate surface area is 213 Å². The van der Waals surface area contributed by atoms with E-state index in [1.807, 2.05) is 0 Å². The molecule has 5 rings (SSSR count). The molecule has 0 aliphatic rings. The van der Waals surface area contributed by atoms with Crippen molar-refractivity contribution in [2.75, 3.05) is 0 Å². The van der Waals surface area contributed by atoms with Gasteiger partial charge in [0.1, 0.15) is 12.7 Å². The zero-order valence-electron chi connectivity index (χ0n) is 21.9. The molecule has 36 heavy (non-hydrogen) atoms. The fourth-order valence-electron chi connectivity index (χ4n) is 4.38. The lowest BCUT2D eigenvalue weighted by molar-refractivity contribution is 0.567. The van der Waals surface area contributed by atoms with Crippen LogP contribution in [-0.2, 0) is 10.8 Å². The third kappa shape index (κ3) is 4.76. The number of hydrogen-bond donors (Lipinski definition) is 0. The van der Waals surface area contributed by atoms with E-state index >= 15 is 0 Å². The van der Waals surface area contributed by atoms with Crippen molar-refractivity contribution >= 4 is 10.8 Å². The molecule has 0 fully saturated rings. The van der Waals surface area contributed by atoms with Crippen LogP contribution in [0, 0.1) is 0 Å². The quantitative estimate of drug-likeness (QED) is 0.267. The standard InChI is InChI=1S/C32H32N4/c1-31(2,3)29-17-27(33-19-35-29)23-11-7-10-22(15-23)25-12-8-9-21-13-14-24(16-26(21)25)28-18-30(32(4,5)6)36-20-34-28/h7-20H,1-6H3. The van der Waals surface area contributed by atoms with Crippen LogP contribution >= 0.6 is 0 Å². The highest BCUT2D eigenvalue weighted by atomic mass is 14.9. The average Bonchev–Trinajstić information content (AvgIpc) is 2.87. The summed E-state index contributed by atoms with van der Waals surface area (Å²) < 4.78 is 0. The van der Waals surface area contributed by atoms with Crippen molar-refractivity contribution in [1.29, 1.82) is 0 Å². The predicted octanol–water partition coefficient (Wildman–Crippen LogP) is 8.02. The lowest BCUT2D eigenvalue weighted by Crippen LogP contribution is -2.13. The summed E-state index contributed by atoms with van der Waals surface area (Å²) in [7, 11) is 0. The zero-order chi connectivity index (χ0) is 25.5. The fourth-order valence-corrected chi connectivity index (χ4v) is 4.38. The molecular formula is C32H32N4. The molecule has 2 aromatic heterocycles. The van der Waals surface area contributed by atoms with Gasteiger partial charge in [0.25, 0.3) is 0 Å². The summed E-state index contributed by atoms with van der Waals surface area (Å²) in [5.41, 5.74) is 8.40. The van der Waals surface area contributed by atoms with Crippen LogP contribution in [0.25, 0.3) is 44.4 Å². The molecule has 0 aliphatic heterocycles. The van der Waals surface area contributed by atoms with Crippen LogP contribution < -0.4 is 0 Å². The van der Waals surface area contributed by atoms with E-state index < -0.39 is 0 Å². The second kappa shape index (κ2) is 8.94. The molecule has 5 aromatic rings. The molecule has 0 radical (unpaired) electrons. The van der Waals surface area contributed by atoms with Crippen molar-refractivity contribution in [2.24, 2.45) is 0 Å². The first kappa shape index (κ1) is 23.8. The van der Waals surface area contributed by atoms with Gasteiger partial charge in [-0.25, -0.2) is 19.9 Å². The van der Waals surface area contributed by atoms with Gasteiger partial charge >= 0.3 is 0 Å². The SMILES string of the molecule is CC(C)(C)c1cc(-c2cccc(-c3cccc4ccc(-c5cc(C(C)(C)C)ncn5)cc34)c2)ncn1. The van der Waals surface area contributed by atoms with Gasteiger partial charge in [-0.3, -0.25) is 0 Å². The second-order valence-corrected chi connectivity index (χ2v) is 11.4. The van der Waals surface area contributed by atoms with Crippen molar-refractivity contribution in [2.45, 2.75) is 52.4 Å². The van der Waals surface area contributed by atoms with Crippen molar-refractivity contribution in [3.8, 4) is 33.6 Å². The summed E-state index contributed by atoms with van der Waals surface area (Å²) in [6, 6.07) is 25.8. The van der Waals surface area contributed by atoms with Crippen molar-refractivity contribution in [3.63, 3.8) is 0 Å². The average molecular weight is 473 g/mol. The Balaban J connectivity index is 1.61. The molecule has 2 heterocycles. The van der Waals surface area contributed by atoms with E-state index in [-0.39, 0.29) is 10.8 Å². The third-order valence-corrected chi connectivity index (χ3v) is 6.52. The fraction of sp³-hybridized carbons (Fsp3) is 0.250. The second-order valence-electron chi connectivity index (χ2n) is 11.4. The van der Waals surface area contributed by atoms with Crippen molar-refractivity contribution < 1.29 is 0 Å². The van der Waals surface area contributed by atoms with Crippen LogP contribution in [-0.4, -0.2) is 19.9 Å². The minimum absolute atomic E-state index is 0.0326. The van der Waals surface area contributed by atoms with Gasteiger partial charge in [0.2, 0.25) is 0 Å². The van der Waals surface area contributed by atoms with Crippen LogP contribution in [0.2, 0.25) is 0 Å². The van der Waals surface area contributed by atoms with E-state index in [2.05, 4.69) is 134 Å². The first-order valence-electron chi connectivity index (χ1n) is 12.4. The highest BCUT2D eigenvalue weighted by Gasteiger charge is 2.18. The Morgan fingerprint density at radius 3 is 1.67 bits per heavy atom. The molecule has 0 saturated heterocycles. The van der Waals surface area contributed by atoms with Gasteiger partial charge in [-0.2, -0.15) is 0 Å². The van der Waals surface area contributed by atoms with Gasteiger partial charge in [0.15, 0.2) is 0 Å². The highest BCUT2D eigenvalue weighted by Crippen LogP contribution is 2.34. The Morgan fingerprint density at radius 1 is 0.500 bits per heavy atom. The van der Waals surface area contributed by atoms with E-state index in [1.54, 1.807) is 12.7 Å². The Hall–Kier alpha value is -3.92. The monoisotopic (exact) mass is 472 g/mol. The number of aromatic nitrogens is 4. The minimum Gasteiger partial charge on any atom is -0.241 e. The topological polar surface area (TPSA) is 51.6 Å². The molecule has 0 bridgehead atoms. The minimum atomic E-state index is -0.0337. The Kier molecular flexibility index (Phi) is 5.91. The van der Waals surface area contributed by atoms with Crippen LogP contribution in [0.3, 0.4) is 0 Å². The molecule has 0 atom stereocenters. The molecule has 180 valence electrons. The van der Waals surface area contributed by atoms with Crippen LogP contribution in [0.4, 0.5) is 0 Å². The molecular weight excluding hydrogens is 440 g/mol. The maximum absolute atomic E-state index is 4.59. The molecule has 0 spiro atoms. The van der Waals surface area contributed by atoms with E-state index in [9.17, 15) is 0 Å². The van der Waals surface area contributed by atoms with Crippen LogP contribution in [0.15, 0.2) is 85.5 Å². The summed E-state index contributed by atoms with van der Waals surface area (Å²) in [4.78, 5) is 18.2. The lowest BCUT2D eigenvalue weighted by atomic mass is 9.90. The number of hydrogen-bond acceptors (Lipinski definition) is 4. The third-order valence-electron chi connectivity index (χ3n) is 6.52.